The number of benzene rings is 1. The van der Waals surface area contributed by atoms with E-state index in [1.165, 1.54) is 12.8 Å². The lowest BCUT2D eigenvalue weighted by atomic mass is 9.94. The van der Waals surface area contributed by atoms with Gasteiger partial charge in [-0.3, -0.25) is 18.7 Å². The summed E-state index contributed by atoms with van der Waals surface area (Å²) in [6.07, 6.45) is 6.93. The third kappa shape index (κ3) is 7.43. The van der Waals surface area contributed by atoms with Crippen LogP contribution in [-0.2, 0) is 11.3 Å². The molecule has 198 valence electrons. The van der Waals surface area contributed by atoms with Crippen LogP contribution in [0.2, 0.25) is 0 Å². The highest BCUT2D eigenvalue weighted by atomic mass is 16.2. The van der Waals surface area contributed by atoms with Crippen LogP contribution >= 0.6 is 0 Å². The van der Waals surface area contributed by atoms with Crippen molar-refractivity contribution in [3.63, 3.8) is 0 Å². The van der Waals surface area contributed by atoms with Crippen molar-refractivity contribution in [3.05, 3.63) is 58.7 Å². The minimum atomic E-state index is -0.0813. The van der Waals surface area contributed by atoms with E-state index in [1.54, 1.807) is 4.57 Å². The molecule has 0 radical (unpaired) electrons. The zero-order valence-electron chi connectivity index (χ0n) is 22.2. The fourth-order valence-electron chi connectivity index (χ4n) is 4.76. The van der Waals surface area contributed by atoms with E-state index in [9.17, 15) is 9.59 Å². The van der Waals surface area contributed by atoms with Crippen LogP contribution in [0.15, 0.2) is 47.3 Å². The van der Waals surface area contributed by atoms with Crippen LogP contribution in [0, 0.1) is 0 Å². The second-order valence-corrected chi connectivity index (χ2v) is 9.44. The normalized spacial score (nSPS) is 15.7. The molecule has 3 N–H and O–H groups in total. The van der Waals surface area contributed by atoms with Crippen molar-refractivity contribution >= 4 is 12.3 Å². The Labute approximate surface area is 215 Å². The van der Waals surface area contributed by atoms with Crippen molar-refractivity contribution in [2.45, 2.75) is 71.9 Å². The summed E-state index contributed by atoms with van der Waals surface area (Å²) in [7, 11) is 0. The van der Waals surface area contributed by atoms with E-state index in [1.807, 2.05) is 46.7 Å². The number of carbonyl (C=O) groups excluding carboxylic acids is 2. The van der Waals surface area contributed by atoms with Crippen molar-refractivity contribution in [3.8, 4) is 11.3 Å². The van der Waals surface area contributed by atoms with Gasteiger partial charge in [0.25, 0.3) is 5.91 Å². The molecule has 2 fully saturated rings. The molecule has 2 heterocycles. The maximum Gasteiger partial charge on any atom is 0.329 e. The molecule has 1 aromatic heterocycles. The van der Waals surface area contributed by atoms with E-state index in [0.717, 1.165) is 55.6 Å². The van der Waals surface area contributed by atoms with Gasteiger partial charge in [-0.05, 0) is 19.8 Å². The maximum atomic E-state index is 13.7. The van der Waals surface area contributed by atoms with Gasteiger partial charge in [0.1, 0.15) is 5.69 Å². The van der Waals surface area contributed by atoms with Gasteiger partial charge in [-0.25, -0.2) is 4.79 Å². The monoisotopic (exact) mass is 497 g/mol. The zero-order chi connectivity index (χ0) is 26.5. The van der Waals surface area contributed by atoms with Gasteiger partial charge in [-0.2, -0.15) is 0 Å². The highest BCUT2D eigenvalue weighted by molar-refractivity contribution is 5.99. The van der Waals surface area contributed by atoms with Gasteiger partial charge in [-0.1, -0.05) is 82.0 Å². The number of hydrogen-bond donors (Lipinski definition) is 2. The Morgan fingerprint density at radius 1 is 1.11 bits per heavy atom. The third-order valence-electron chi connectivity index (χ3n) is 6.19. The van der Waals surface area contributed by atoms with Crippen LogP contribution in [0.3, 0.4) is 0 Å². The van der Waals surface area contributed by atoms with Gasteiger partial charge in [0.2, 0.25) is 6.41 Å². The average Bonchev–Trinajstić information content (AvgIpc) is 3.17. The number of piperazine rings is 1. The maximum absolute atomic E-state index is 13.7. The Bertz CT molecular complexity index is 1030. The molecule has 4 rings (SSSR count). The van der Waals surface area contributed by atoms with Crippen molar-refractivity contribution < 1.29 is 9.59 Å². The molecule has 1 aliphatic carbocycles. The molecule has 1 aliphatic heterocycles. The van der Waals surface area contributed by atoms with E-state index in [2.05, 4.69) is 31.5 Å². The summed E-state index contributed by atoms with van der Waals surface area (Å²) in [6, 6.07) is 10.1. The first-order valence-electron chi connectivity index (χ1n) is 13.1. The van der Waals surface area contributed by atoms with Crippen LogP contribution in [0.25, 0.3) is 11.3 Å². The number of aromatic nitrogens is 2. The SMILES string of the molecule is C=C(C)Cn1c(C(=O)N2CCNCC2)c(-c2ccccc2)n(C2CCCCC2)c1=O.CCC.NC=O. The van der Waals surface area contributed by atoms with Gasteiger partial charge < -0.3 is 16.0 Å². The molecule has 0 bridgehead atoms. The molecule has 2 amide bonds. The summed E-state index contributed by atoms with van der Waals surface area (Å²) in [5, 5.41) is 3.30. The largest absolute Gasteiger partial charge is 0.372 e. The molecule has 36 heavy (non-hydrogen) atoms. The fraction of sp³-hybridized carbons (Fsp3) is 0.536. The van der Waals surface area contributed by atoms with Crippen LogP contribution in [0.1, 0.15) is 75.8 Å². The number of rotatable bonds is 5. The first-order valence-corrected chi connectivity index (χ1v) is 13.1. The van der Waals surface area contributed by atoms with Gasteiger partial charge >= 0.3 is 5.69 Å². The quantitative estimate of drug-likeness (QED) is 0.482. The number of primary amides is 1. The lowest BCUT2D eigenvalue weighted by Crippen LogP contribution is -2.47. The predicted octanol–water partition coefficient (Wildman–Crippen LogP) is 3.96. The third-order valence-corrected chi connectivity index (χ3v) is 6.19. The lowest BCUT2D eigenvalue weighted by Gasteiger charge is -2.28. The molecule has 0 unspecified atom stereocenters. The number of allylic oxidation sites excluding steroid dienone is 1. The molecule has 2 aromatic rings. The number of nitrogens with zero attached hydrogens (tertiary/aromatic N) is 3. The summed E-state index contributed by atoms with van der Waals surface area (Å²) >= 11 is 0. The van der Waals surface area contributed by atoms with E-state index in [0.29, 0.717) is 25.3 Å². The highest BCUT2D eigenvalue weighted by Gasteiger charge is 2.32. The number of imidazole rings is 1. The highest BCUT2D eigenvalue weighted by Crippen LogP contribution is 2.34. The predicted molar refractivity (Wildman–Crippen MR) is 146 cm³/mol. The van der Waals surface area contributed by atoms with E-state index in [4.69, 9.17) is 4.79 Å². The standard InChI is InChI=1S/C24H32N4O2.C3H8.CH3NO/c1-18(2)17-27-22(23(29)26-15-13-25-14-16-26)21(19-9-5-3-6-10-19)28(24(27)30)20-11-7-4-8-12-20;1-3-2;2-1-3/h3,5-6,9-10,20,25H,1,4,7-8,11-17H2,2H3;3H2,1-2H3;1H,(H2,2,3). The first kappa shape index (κ1) is 29.1. The van der Waals surface area contributed by atoms with Crippen LogP contribution in [0.5, 0.6) is 0 Å². The molecule has 8 nitrogen and oxygen atoms in total. The lowest BCUT2D eigenvalue weighted by molar-refractivity contribution is -0.106. The molecule has 1 saturated heterocycles. The summed E-state index contributed by atoms with van der Waals surface area (Å²) < 4.78 is 3.59. The van der Waals surface area contributed by atoms with Gasteiger partial charge in [-0.15, -0.1) is 0 Å². The second kappa shape index (κ2) is 15.1. The minimum absolute atomic E-state index is 0.0525. The smallest absolute Gasteiger partial charge is 0.329 e. The molecule has 0 spiro atoms. The molecule has 1 saturated carbocycles. The van der Waals surface area contributed by atoms with Crippen molar-refractivity contribution in [2.75, 3.05) is 26.2 Å². The number of nitrogens with one attached hydrogen (secondary N) is 1. The number of nitrogens with two attached hydrogens (primary N) is 1. The van der Waals surface area contributed by atoms with Crippen molar-refractivity contribution in [2.24, 2.45) is 5.73 Å². The average molecular weight is 498 g/mol. The van der Waals surface area contributed by atoms with Crippen LogP contribution in [0.4, 0.5) is 0 Å². The molecule has 8 heteroatoms. The molecule has 1 aromatic carbocycles. The van der Waals surface area contributed by atoms with Crippen LogP contribution in [-0.4, -0.2) is 52.5 Å². The number of carbonyl (C=O) groups is 2. The van der Waals surface area contributed by atoms with E-state index in [-0.39, 0.29) is 24.0 Å². The van der Waals surface area contributed by atoms with Crippen LogP contribution < -0.4 is 16.7 Å². The number of amides is 2. The van der Waals surface area contributed by atoms with Crippen molar-refractivity contribution in [1.29, 1.82) is 0 Å². The van der Waals surface area contributed by atoms with Crippen molar-refractivity contribution in [1.82, 2.24) is 19.4 Å². The van der Waals surface area contributed by atoms with E-state index >= 15 is 0 Å². The Balaban J connectivity index is 0.000000693. The van der Waals surface area contributed by atoms with Gasteiger partial charge in [0.15, 0.2) is 0 Å². The molecular formula is C28H43N5O3. The Kier molecular flexibility index (Phi) is 12.2. The number of hydrogen-bond acceptors (Lipinski definition) is 4. The molecular weight excluding hydrogens is 454 g/mol. The zero-order valence-corrected chi connectivity index (χ0v) is 22.2. The van der Waals surface area contributed by atoms with Gasteiger partial charge in [0.05, 0.1) is 5.69 Å². The molecule has 0 atom stereocenters. The minimum Gasteiger partial charge on any atom is -0.372 e. The summed E-state index contributed by atoms with van der Waals surface area (Å²) in [5.74, 6) is -0.0525. The van der Waals surface area contributed by atoms with E-state index < -0.39 is 0 Å². The first-order chi connectivity index (χ1) is 17.4. The fourth-order valence-corrected chi connectivity index (χ4v) is 4.76. The Morgan fingerprint density at radius 2 is 1.67 bits per heavy atom. The Hall–Kier alpha value is -3.13. The second-order valence-electron chi connectivity index (χ2n) is 9.44. The Morgan fingerprint density at radius 3 is 2.19 bits per heavy atom. The summed E-state index contributed by atoms with van der Waals surface area (Å²) in [4.78, 5) is 37.9. The topological polar surface area (TPSA) is 102 Å². The summed E-state index contributed by atoms with van der Waals surface area (Å²) in [6.45, 7) is 13.4. The summed E-state index contributed by atoms with van der Waals surface area (Å²) in [5.41, 5.74) is 7.17. The van der Waals surface area contributed by atoms with Gasteiger partial charge in [0, 0.05) is 44.3 Å². The molecule has 2 aliphatic rings.